The standard InChI is InChI=1S/C16H16FN3/c1-3-20(12(2)13-6-5-9-19-11-13)16-8-4-7-15(17)14(16)10-18/h4-9,11-12H,3H2,1-2H3. The van der Waals surface area contributed by atoms with Gasteiger partial charge in [-0.3, -0.25) is 4.98 Å². The van der Waals surface area contributed by atoms with Crippen molar-refractivity contribution in [2.45, 2.75) is 19.9 Å². The number of benzene rings is 1. The van der Waals surface area contributed by atoms with Crippen molar-refractivity contribution in [1.29, 1.82) is 5.26 Å². The Hall–Kier alpha value is -2.41. The van der Waals surface area contributed by atoms with Crippen molar-refractivity contribution in [3.8, 4) is 6.07 Å². The van der Waals surface area contributed by atoms with Gasteiger partial charge in [-0.2, -0.15) is 5.26 Å². The molecule has 1 aromatic carbocycles. The predicted octanol–water partition coefficient (Wildman–Crippen LogP) is 3.68. The summed E-state index contributed by atoms with van der Waals surface area (Å²) < 4.78 is 13.8. The van der Waals surface area contributed by atoms with Crippen LogP contribution >= 0.6 is 0 Å². The third kappa shape index (κ3) is 2.62. The molecule has 0 fully saturated rings. The van der Waals surface area contributed by atoms with E-state index in [0.717, 1.165) is 5.56 Å². The molecule has 0 aliphatic carbocycles. The lowest BCUT2D eigenvalue weighted by Crippen LogP contribution is -2.27. The summed E-state index contributed by atoms with van der Waals surface area (Å²) in [7, 11) is 0. The van der Waals surface area contributed by atoms with E-state index >= 15 is 0 Å². The van der Waals surface area contributed by atoms with Crippen LogP contribution in [0.4, 0.5) is 10.1 Å². The summed E-state index contributed by atoms with van der Waals surface area (Å²) in [6.07, 6.45) is 3.51. The van der Waals surface area contributed by atoms with E-state index in [1.165, 1.54) is 6.07 Å². The molecular formula is C16H16FN3. The van der Waals surface area contributed by atoms with E-state index in [0.29, 0.717) is 12.2 Å². The molecule has 0 aliphatic heterocycles. The summed E-state index contributed by atoms with van der Waals surface area (Å²) in [5.74, 6) is -0.484. The molecule has 0 bridgehead atoms. The highest BCUT2D eigenvalue weighted by molar-refractivity contribution is 5.60. The Kier molecular flexibility index (Phi) is 4.31. The van der Waals surface area contributed by atoms with E-state index in [2.05, 4.69) is 4.98 Å². The van der Waals surface area contributed by atoms with Gasteiger partial charge < -0.3 is 4.90 Å². The molecule has 1 heterocycles. The van der Waals surface area contributed by atoms with Gasteiger partial charge in [0.15, 0.2) is 0 Å². The minimum atomic E-state index is -0.484. The Bertz CT molecular complexity index is 619. The predicted molar refractivity (Wildman–Crippen MR) is 76.8 cm³/mol. The Morgan fingerprint density at radius 3 is 2.75 bits per heavy atom. The maximum atomic E-state index is 13.8. The van der Waals surface area contributed by atoms with Gasteiger partial charge >= 0.3 is 0 Å². The third-order valence-corrected chi connectivity index (χ3v) is 3.39. The SMILES string of the molecule is CCN(c1cccc(F)c1C#N)C(C)c1cccnc1. The highest BCUT2D eigenvalue weighted by Gasteiger charge is 2.19. The zero-order valence-electron chi connectivity index (χ0n) is 11.5. The zero-order valence-corrected chi connectivity index (χ0v) is 11.5. The molecule has 2 rings (SSSR count). The number of aromatic nitrogens is 1. The minimum Gasteiger partial charge on any atom is -0.364 e. The van der Waals surface area contributed by atoms with Crippen LogP contribution in [-0.2, 0) is 0 Å². The number of rotatable bonds is 4. The topological polar surface area (TPSA) is 39.9 Å². The van der Waals surface area contributed by atoms with Crippen molar-refractivity contribution in [2.24, 2.45) is 0 Å². The summed E-state index contributed by atoms with van der Waals surface area (Å²) in [4.78, 5) is 6.11. The summed E-state index contributed by atoms with van der Waals surface area (Å²) in [5.41, 5.74) is 1.74. The average Bonchev–Trinajstić information content (AvgIpc) is 2.49. The van der Waals surface area contributed by atoms with Crippen LogP contribution in [0.2, 0.25) is 0 Å². The van der Waals surface area contributed by atoms with Gasteiger partial charge in [-0.05, 0) is 37.6 Å². The molecule has 0 saturated heterocycles. The smallest absolute Gasteiger partial charge is 0.143 e. The Morgan fingerprint density at radius 2 is 2.15 bits per heavy atom. The van der Waals surface area contributed by atoms with E-state index in [1.807, 2.05) is 36.9 Å². The summed E-state index contributed by atoms with van der Waals surface area (Å²) >= 11 is 0. The lowest BCUT2D eigenvalue weighted by molar-refractivity contribution is 0.618. The number of hydrogen-bond acceptors (Lipinski definition) is 3. The highest BCUT2D eigenvalue weighted by atomic mass is 19.1. The lowest BCUT2D eigenvalue weighted by atomic mass is 10.1. The number of nitriles is 1. The van der Waals surface area contributed by atoms with Gasteiger partial charge in [0.05, 0.1) is 11.7 Å². The maximum absolute atomic E-state index is 13.8. The molecular weight excluding hydrogens is 253 g/mol. The minimum absolute atomic E-state index is 0.0163. The van der Waals surface area contributed by atoms with Crippen LogP contribution < -0.4 is 4.90 Å². The first-order chi connectivity index (χ1) is 9.69. The lowest BCUT2D eigenvalue weighted by Gasteiger charge is -2.31. The van der Waals surface area contributed by atoms with Crippen LogP contribution in [0.5, 0.6) is 0 Å². The number of anilines is 1. The largest absolute Gasteiger partial charge is 0.364 e. The Morgan fingerprint density at radius 1 is 1.35 bits per heavy atom. The zero-order chi connectivity index (χ0) is 14.5. The molecule has 2 aromatic rings. The summed E-state index contributed by atoms with van der Waals surface area (Å²) in [6, 6.07) is 10.5. The fourth-order valence-electron chi connectivity index (χ4n) is 2.32. The molecule has 0 spiro atoms. The molecule has 1 aromatic heterocycles. The first kappa shape index (κ1) is 14.0. The van der Waals surface area contributed by atoms with Gasteiger partial charge in [-0.25, -0.2) is 4.39 Å². The summed E-state index contributed by atoms with van der Waals surface area (Å²) in [6.45, 7) is 4.68. The number of nitrogens with zero attached hydrogens (tertiary/aromatic N) is 3. The second kappa shape index (κ2) is 6.16. The van der Waals surface area contributed by atoms with Gasteiger partial charge in [-0.15, -0.1) is 0 Å². The first-order valence-electron chi connectivity index (χ1n) is 6.54. The van der Waals surface area contributed by atoms with E-state index < -0.39 is 5.82 Å². The van der Waals surface area contributed by atoms with Crippen molar-refractivity contribution in [3.63, 3.8) is 0 Å². The van der Waals surface area contributed by atoms with Crippen LogP contribution in [0.15, 0.2) is 42.7 Å². The number of hydrogen-bond donors (Lipinski definition) is 0. The van der Waals surface area contributed by atoms with Crippen molar-refractivity contribution < 1.29 is 4.39 Å². The molecule has 1 atom stereocenters. The number of pyridine rings is 1. The van der Waals surface area contributed by atoms with Crippen molar-refractivity contribution in [2.75, 3.05) is 11.4 Å². The van der Waals surface area contributed by atoms with Gasteiger partial charge in [0.25, 0.3) is 0 Å². The van der Waals surface area contributed by atoms with Crippen LogP contribution in [0.25, 0.3) is 0 Å². The quantitative estimate of drug-likeness (QED) is 0.850. The number of halogens is 1. The van der Waals surface area contributed by atoms with Gasteiger partial charge in [-0.1, -0.05) is 12.1 Å². The first-order valence-corrected chi connectivity index (χ1v) is 6.54. The normalized spacial score (nSPS) is 11.7. The molecule has 0 saturated carbocycles. The van der Waals surface area contributed by atoms with E-state index in [-0.39, 0.29) is 11.6 Å². The molecule has 1 unspecified atom stereocenters. The van der Waals surface area contributed by atoms with E-state index in [4.69, 9.17) is 5.26 Å². The van der Waals surface area contributed by atoms with Crippen molar-refractivity contribution >= 4 is 5.69 Å². The fourth-order valence-corrected chi connectivity index (χ4v) is 2.32. The van der Waals surface area contributed by atoms with Gasteiger partial charge in [0, 0.05) is 18.9 Å². The van der Waals surface area contributed by atoms with Crippen LogP contribution in [0.3, 0.4) is 0 Å². The molecule has 20 heavy (non-hydrogen) atoms. The molecule has 0 amide bonds. The second-order valence-electron chi connectivity index (χ2n) is 4.49. The van der Waals surface area contributed by atoms with E-state index in [1.54, 1.807) is 24.5 Å². The average molecular weight is 269 g/mol. The second-order valence-corrected chi connectivity index (χ2v) is 4.49. The molecule has 102 valence electrons. The molecule has 0 aliphatic rings. The monoisotopic (exact) mass is 269 g/mol. The fraction of sp³-hybridized carbons (Fsp3) is 0.250. The van der Waals surface area contributed by atoms with E-state index in [9.17, 15) is 4.39 Å². The van der Waals surface area contributed by atoms with Crippen molar-refractivity contribution in [1.82, 2.24) is 4.98 Å². The third-order valence-electron chi connectivity index (χ3n) is 3.39. The van der Waals surface area contributed by atoms with Crippen LogP contribution in [-0.4, -0.2) is 11.5 Å². The molecule has 0 radical (unpaired) electrons. The Balaban J connectivity index is 2.44. The highest BCUT2D eigenvalue weighted by Crippen LogP contribution is 2.30. The molecule has 4 heteroatoms. The molecule has 0 N–H and O–H groups in total. The Labute approximate surface area is 118 Å². The summed E-state index contributed by atoms with van der Waals surface area (Å²) in [5, 5.41) is 9.17. The maximum Gasteiger partial charge on any atom is 0.143 e. The van der Waals surface area contributed by atoms with Gasteiger partial charge in [0.2, 0.25) is 0 Å². The van der Waals surface area contributed by atoms with Crippen molar-refractivity contribution in [3.05, 3.63) is 59.7 Å². The van der Waals surface area contributed by atoms with Crippen LogP contribution in [0, 0.1) is 17.1 Å². The van der Waals surface area contributed by atoms with Gasteiger partial charge in [0.1, 0.15) is 17.4 Å². The van der Waals surface area contributed by atoms with Crippen LogP contribution in [0.1, 0.15) is 31.0 Å². The molecule has 3 nitrogen and oxygen atoms in total.